The summed E-state index contributed by atoms with van der Waals surface area (Å²) in [5.41, 5.74) is 3.99. The van der Waals surface area contributed by atoms with Gasteiger partial charge in [-0.3, -0.25) is 4.79 Å². The summed E-state index contributed by atoms with van der Waals surface area (Å²) in [4.78, 5) is 25.3. The quantitative estimate of drug-likeness (QED) is 0.440. The van der Waals surface area contributed by atoms with Gasteiger partial charge in [0.1, 0.15) is 16.9 Å². The number of hydrogen-bond donors (Lipinski definition) is 1. The molecule has 4 rings (SSSR count). The molecule has 1 heterocycles. The van der Waals surface area contributed by atoms with Gasteiger partial charge >= 0.3 is 5.97 Å². The van der Waals surface area contributed by atoms with Crippen molar-refractivity contribution in [2.24, 2.45) is 0 Å². The number of rotatable bonds is 5. The number of nitrogens with one attached hydrogen (secondary N) is 1. The van der Waals surface area contributed by atoms with Crippen molar-refractivity contribution >= 4 is 39.5 Å². The summed E-state index contributed by atoms with van der Waals surface area (Å²) in [5, 5.41) is 4.63. The highest BCUT2D eigenvalue weighted by Crippen LogP contribution is 2.36. The Balaban J connectivity index is 1.56. The standard InChI is InChI=1S/C25H23NO5/c1-14-9-10-15(2)18(11-14)25(28)30-16(3)24(27)26-20-13-22-19(12-23(20)29-4)17-7-5-6-8-21(17)31-22/h5-13,16H,1-4H3,(H,26,27)/t16-/m0/s1. The van der Waals surface area contributed by atoms with E-state index in [2.05, 4.69) is 5.32 Å². The molecule has 1 aromatic heterocycles. The Labute approximate surface area is 179 Å². The number of esters is 1. The van der Waals surface area contributed by atoms with E-state index in [1.165, 1.54) is 14.0 Å². The zero-order valence-corrected chi connectivity index (χ0v) is 17.8. The highest BCUT2D eigenvalue weighted by Gasteiger charge is 2.22. The van der Waals surface area contributed by atoms with E-state index < -0.39 is 18.0 Å². The lowest BCUT2D eigenvalue weighted by Crippen LogP contribution is -2.30. The summed E-state index contributed by atoms with van der Waals surface area (Å²) in [6, 6.07) is 16.7. The number of fused-ring (bicyclic) bond motifs is 3. The second-order valence-corrected chi connectivity index (χ2v) is 7.50. The summed E-state index contributed by atoms with van der Waals surface area (Å²) < 4.78 is 16.8. The van der Waals surface area contributed by atoms with Crippen LogP contribution in [0.1, 0.15) is 28.4 Å². The molecule has 0 saturated heterocycles. The van der Waals surface area contributed by atoms with Crippen molar-refractivity contribution in [1.82, 2.24) is 0 Å². The average molecular weight is 417 g/mol. The molecule has 31 heavy (non-hydrogen) atoms. The predicted molar refractivity (Wildman–Crippen MR) is 120 cm³/mol. The summed E-state index contributed by atoms with van der Waals surface area (Å²) in [6.45, 7) is 5.26. The first-order chi connectivity index (χ1) is 14.9. The van der Waals surface area contributed by atoms with Crippen molar-refractivity contribution in [1.29, 1.82) is 0 Å². The van der Waals surface area contributed by atoms with Crippen LogP contribution in [0.4, 0.5) is 5.69 Å². The number of aryl methyl sites for hydroxylation is 2. The zero-order valence-electron chi connectivity index (χ0n) is 17.8. The molecule has 3 aromatic carbocycles. The summed E-state index contributed by atoms with van der Waals surface area (Å²) >= 11 is 0. The van der Waals surface area contributed by atoms with Gasteiger partial charge in [-0.15, -0.1) is 0 Å². The first kappa shape index (κ1) is 20.5. The Bertz CT molecular complexity index is 1300. The van der Waals surface area contributed by atoms with Gasteiger partial charge in [-0.25, -0.2) is 4.79 Å². The van der Waals surface area contributed by atoms with Gasteiger partial charge in [0, 0.05) is 16.8 Å². The molecular weight excluding hydrogens is 394 g/mol. The average Bonchev–Trinajstić information content (AvgIpc) is 3.11. The van der Waals surface area contributed by atoms with Gasteiger partial charge in [0.15, 0.2) is 6.10 Å². The fraction of sp³-hybridized carbons (Fsp3) is 0.200. The molecule has 1 N–H and O–H groups in total. The zero-order chi connectivity index (χ0) is 22.1. The maximum atomic E-state index is 12.7. The molecule has 6 heteroatoms. The van der Waals surface area contributed by atoms with E-state index in [1.54, 1.807) is 12.1 Å². The van der Waals surface area contributed by atoms with E-state index in [4.69, 9.17) is 13.9 Å². The highest BCUT2D eigenvalue weighted by atomic mass is 16.5. The number of para-hydroxylation sites is 1. The molecule has 0 aliphatic carbocycles. The van der Waals surface area contributed by atoms with E-state index in [0.717, 1.165) is 27.5 Å². The first-order valence-electron chi connectivity index (χ1n) is 9.95. The van der Waals surface area contributed by atoms with Crippen molar-refractivity contribution in [3.8, 4) is 5.75 Å². The minimum absolute atomic E-state index is 0.439. The van der Waals surface area contributed by atoms with Crippen LogP contribution in [0.5, 0.6) is 5.75 Å². The Morgan fingerprint density at radius 2 is 1.74 bits per heavy atom. The molecule has 1 atom stereocenters. The number of hydrogen-bond acceptors (Lipinski definition) is 5. The van der Waals surface area contributed by atoms with Crippen LogP contribution in [-0.4, -0.2) is 25.1 Å². The molecule has 0 aliphatic rings. The minimum Gasteiger partial charge on any atom is -0.495 e. The monoisotopic (exact) mass is 417 g/mol. The van der Waals surface area contributed by atoms with Gasteiger partial charge in [0.05, 0.1) is 18.4 Å². The van der Waals surface area contributed by atoms with Crippen molar-refractivity contribution in [3.05, 3.63) is 71.3 Å². The second-order valence-electron chi connectivity index (χ2n) is 7.50. The third-order valence-corrected chi connectivity index (χ3v) is 5.22. The maximum Gasteiger partial charge on any atom is 0.339 e. The van der Waals surface area contributed by atoms with Crippen LogP contribution >= 0.6 is 0 Å². The SMILES string of the molecule is COc1cc2c(cc1NC(=O)[C@H](C)OC(=O)c1cc(C)ccc1C)oc1ccccc12. The Hall–Kier alpha value is -3.80. The van der Waals surface area contributed by atoms with Crippen LogP contribution in [0.15, 0.2) is 59.0 Å². The number of methoxy groups -OCH3 is 1. The van der Waals surface area contributed by atoms with E-state index in [9.17, 15) is 9.59 Å². The molecule has 0 unspecified atom stereocenters. The van der Waals surface area contributed by atoms with Crippen LogP contribution in [0.25, 0.3) is 21.9 Å². The van der Waals surface area contributed by atoms with Gasteiger partial charge in [0.2, 0.25) is 0 Å². The molecule has 0 aliphatic heterocycles. The van der Waals surface area contributed by atoms with Gasteiger partial charge < -0.3 is 19.2 Å². The summed E-state index contributed by atoms with van der Waals surface area (Å²) in [7, 11) is 1.53. The van der Waals surface area contributed by atoms with Gasteiger partial charge in [-0.2, -0.15) is 0 Å². The Kier molecular flexibility index (Phi) is 5.38. The highest BCUT2D eigenvalue weighted by molar-refractivity contribution is 6.08. The number of anilines is 1. The van der Waals surface area contributed by atoms with Crippen LogP contribution < -0.4 is 10.1 Å². The van der Waals surface area contributed by atoms with Crippen LogP contribution in [0.2, 0.25) is 0 Å². The Morgan fingerprint density at radius 1 is 0.968 bits per heavy atom. The number of ether oxygens (including phenoxy) is 2. The second kappa shape index (κ2) is 8.14. The third kappa shape index (κ3) is 3.97. The lowest BCUT2D eigenvalue weighted by Gasteiger charge is -2.16. The summed E-state index contributed by atoms with van der Waals surface area (Å²) in [5.74, 6) is -0.517. The minimum atomic E-state index is -0.997. The largest absolute Gasteiger partial charge is 0.495 e. The molecular formula is C25H23NO5. The first-order valence-corrected chi connectivity index (χ1v) is 9.95. The number of carbonyl (C=O) groups is 2. The van der Waals surface area contributed by atoms with Crippen molar-refractivity contribution in [2.45, 2.75) is 26.9 Å². The van der Waals surface area contributed by atoms with Gasteiger partial charge in [-0.1, -0.05) is 35.9 Å². The molecule has 0 spiro atoms. The normalized spacial score (nSPS) is 12.0. The van der Waals surface area contributed by atoms with E-state index in [-0.39, 0.29) is 0 Å². The molecule has 0 radical (unpaired) electrons. The molecule has 158 valence electrons. The number of amides is 1. The smallest absolute Gasteiger partial charge is 0.339 e. The molecule has 0 fully saturated rings. The molecule has 6 nitrogen and oxygen atoms in total. The van der Waals surface area contributed by atoms with Crippen molar-refractivity contribution in [3.63, 3.8) is 0 Å². The lowest BCUT2D eigenvalue weighted by atomic mass is 10.1. The van der Waals surface area contributed by atoms with Crippen LogP contribution in [0, 0.1) is 13.8 Å². The number of benzene rings is 3. The fourth-order valence-electron chi connectivity index (χ4n) is 3.49. The van der Waals surface area contributed by atoms with Crippen molar-refractivity contribution < 1.29 is 23.5 Å². The van der Waals surface area contributed by atoms with E-state index >= 15 is 0 Å². The maximum absolute atomic E-state index is 12.7. The van der Waals surface area contributed by atoms with Gasteiger partial charge in [0.25, 0.3) is 5.91 Å². The Morgan fingerprint density at radius 3 is 2.52 bits per heavy atom. The molecule has 0 saturated carbocycles. The predicted octanol–water partition coefficient (Wildman–Crippen LogP) is 5.40. The molecule has 1 amide bonds. The van der Waals surface area contributed by atoms with Crippen molar-refractivity contribution in [2.75, 3.05) is 12.4 Å². The van der Waals surface area contributed by atoms with E-state index in [1.807, 2.05) is 56.3 Å². The van der Waals surface area contributed by atoms with Crippen LogP contribution in [-0.2, 0) is 9.53 Å². The number of furan rings is 1. The third-order valence-electron chi connectivity index (χ3n) is 5.22. The van der Waals surface area contributed by atoms with Gasteiger partial charge in [-0.05, 0) is 44.5 Å². The van der Waals surface area contributed by atoms with Crippen LogP contribution in [0.3, 0.4) is 0 Å². The fourth-order valence-corrected chi connectivity index (χ4v) is 3.49. The summed E-state index contributed by atoms with van der Waals surface area (Å²) in [6.07, 6.45) is -0.997. The number of carbonyl (C=O) groups excluding carboxylic acids is 2. The molecule has 0 bridgehead atoms. The lowest BCUT2D eigenvalue weighted by molar-refractivity contribution is -0.123. The van der Waals surface area contributed by atoms with E-state index in [0.29, 0.717) is 22.6 Å². The topological polar surface area (TPSA) is 77.8 Å². The molecule has 4 aromatic rings.